The highest BCUT2D eigenvalue weighted by Crippen LogP contribution is 2.14. The van der Waals surface area contributed by atoms with E-state index in [1.165, 1.54) is 19.2 Å². The lowest BCUT2D eigenvalue weighted by Gasteiger charge is -2.02. The molecule has 1 rings (SSSR count). The molecule has 0 aliphatic heterocycles. The average molecular weight is 185 g/mol. The van der Waals surface area contributed by atoms with Crippen LogP contribution >= 0.6 is 0 Å². The largest absolute Gasteiger partial charge is 0.463 e. The van der Waals surface area contributed by atoms with Crippen molar-refractivity contribution in [3.8, 4) is 0 Å². The molecular weight excluding hydrogens is 174 g/mol. The standard InChI is InChI=1S/C8H11NO4/c1-12-8(11)7-3-2-6(13-7)5(9)4-10/h2-3,5,10H,4,9H2,1H3. The number of aliphatic hydroxyl groups excluding tert-OH is 1. The van der Waals surface area contributed by atoms with Crippen LogP contribution in [0, 0.1) is 0 Å². The van der Waals surface area contributed by atoms with Gasteiger partial charge in [0, 0.05) is 0 Å². The van der Waals surface area contributed by atoms with Gasteiger partial charge in [0.1, 0.15) is 5.76 Å². The van der Waals surface area contributed by atoms with E-state index in [1.54, 1.807) is 0 Å². The van der Waals surface area contributed by atoms with Crippen molar-refractivity contribution in [1.29, 1.82) is 0 Å². The van der Waals surface area contributed by atoms with E-state index in [9.17, 15) is 4.79 Å². The Morgan fingerprint density at radius 3 is 3.00 bits per heavy atom. The molecule has 1 heterocycles. The molecule has 0 radical (unpaired) electrons. The van der Waals surface area contributed by atoms with Crippen molar-refractivity contribution in [2.45, 2.75) is 6.04 Å². The van der Waals surface area contributed by atoms with Gasteiger partial charge in [-0.05, 0) is 12.1 Å². The van der Waals surface area contributed by atoms with Crippen LogP contribution in [0.15, 0.2) is 16.5 Å². The maximum Gasteiger partial charge on any atom is 0.373 e. The molecule has 13 heavy (non-hydrogen) atoms. The van der Waals surface area contributed by atoms with Crippen molar-refractivity contribution in [1.82, 2.24) is 0 Å². The van der Waals surface area contributed by atoms with Crippen LogP contribution in [0.5, 0.6) is 0 Å². The Kier molecular flexibility index (Phi) is 3.05. The van der Waals surface area contributed by atoms with E-state index in [2.05, 4.69) is 4.74 Å². The van der Waals surface area contributed by atoms with Crippen LogP contribution < -0.4 is 5.73 Å². The first-order valence-corrected chi connectivity index (χ1v) is 3.73. The zero-order valence-corrected chi connectivity index (χ0v) is 7.19. The summed E-state index contributed by atoms with van der Waals surface area (Å²) < 4.78 is 9.46. The maximum absolute atomic E-state index is 10.9. The molecule has 0 saturated heterocycles. The van der Waals surface area contributed by atoms with E-state index in [4.69, 9.17) is 15.3 Å². The molecule has 72 valence electrons. The SMILES string of the molecule is COC(=O)c1ccc(C(N)CO)o1. The fraction of sp³-hybridized carbons (Fsp3) is 0.375. The molecule has 1 aromatic heterocycles. The number of hydrogen-bond donors (Lipinski definition) is 2. The third kappa shape index (κ3) is 2.07. The number of rotatable bonds is 3. The fourth-order valence-corrected chi connectivity index (χ4v) is 0.852. The summed E-state index contributed by atoms with van der Waals surface area (Å²) in [7, 11) is 1.26. The predicted octanol–water partition coefficient (Wildman–Crippen LogP) is 0.0583. The van der Waals surface area contributed by atoms with Crippen LogP contribution in [0.1, 0.15) is 22.4 Å². The van der Waals surface area contributed by atoms with E-state index < -0.39 is 12.0 Å². The Morgan fingerprint density at radius 1 is 1.77 bits per heavy atom. The summed E-state index contributed by atoms with van der Waals surface area (Å²) in [4.78, 5) is 10.9. The topological polar surface area (TPSA) is 85.7 Å². The van der Waals surface area contributed by atoms with Crippen molar-refractivity contribution >= 4 is 5.97 Å². The number of furan rings is 1. The second-order valence-electron chi connectivity index (χ2n) is 2.48. The van der Waals surface area contributed by atoms with E-state index >= 15 is 0 Å². The summed E-state index contributed by atoms with van der Waals surface area (Å²) in [6.45, 7) is -0.228. The summed E-state index contributed by atoms with van der Waals surface area (Å²) >= 11 is 0. The molecule has 0 aliphatic carbocycles. The summed E-state index contributed by atoms with van der Waals surface area (Å²) in [6, 6.07) is 2.39. The van der Waals surface area contributed by atoms with Gasteiger partial charge >= 0.3 is 5.97 Å². The Hall–Kier alpha value is -1.33. The van der Waals surface area contributed by atoms with Gasteiger partial charge in [0.2, 0.25) is 5.76 Å². The molecule has 5 nitrogen and oxygen atoms in total. The quantitative estimate of drug-likeness (QED) is 0.650. The molecule has 0 amide bonds. The van der Waals surface area contributed by atoms with Gasteiger partial charge < -0.3 is 20.0 Å². The molecular formula is C8H11NO4. The number of carbonyl (C=O) groups is 1. The van der Waals surface area contributed by atoms with Crippen molar-refractivity contribution in [2.75, 3.05) is 13.7 Å². The van der Waals surface area contributed by atoms with Gasteiger partial charge in [0.25, 0.3) is 0 Å². The van der Waals surface area contributed by atoms with Crippen molar-refractivity contribution < 1.29 is 19.1 Å². The van der Waals surface area contributed by atoms with Crippen LogP contribution in [0.4, 0.5) is 0 Å². The molecule has 0 bridgehead atoms. The third-order valence-electron chi connectivity index (χ3n) is 1.58. The normalized spacial score (nSPS) is 12.5. The number of aliphatic hydroxyl groups is 1. The van der Waals surface area contributed by atoms with Crippen LogP contribution in [-0.4, -0.2) is 24.8 Å². The first-order chi connectivity index (χ1) is 6.19. The highest BCUT2D eigenvalue weighted by Gasteiger charge is 2.14. The van der Waals surface area contributed by atoms with E-state index in [1.807, 2.05) is 0 Å². The zero-order valence-electron chi connectivity index (χ0n) is 7.19. The lowest BCUT2D eigenvalue weighted by molar-refractivity contribution is 0.0561. The minimum atomic E-state index is -0.599. The average Bonchev–Trinajstić information content (AvgIpc) is 2.64. The van der Waals surface area contributed by atoms with Crippen LogP contribution in [-0.2, 0) is 4.74 Å². The van der Waals surface area contributed by atoms with Crippen molar-refractivity contribution in [3.05, 3.63) is 23.7 Å². The number of methoxy groups -OCH3 is 1. The van der Waals surface area contributed by atoms with E-state index in [-0.39, 0.29) is 12.4 Å². The van der Waals surface area contributed by atoms with Gasteiger partial charge in [-0.15, -0.1) is 0 Å². The zero-order chi connectivity index (χ0) is 9.84. The van der Waals surface area contributed by atoms with Crippen LogP contribution in [0.3, 0.4) is 0 Å². The number of ether oxygens (including phenoxy) is 1. The summed E-state index contributed by atoms with van der Waals surface area (Å²) in [6.07, 6.45) is 0. The third-order valence-corrected chi connectivity index (χ3v) is 1.58. The summed E-state index contributed by atoms with van der Waals surface area (Å²) in [5, 5.41) is 8.69. The Labute approximate surface area is 75.1 Å². The molecule has 1 atom stereocenters. The highest BCUT2D eigenvalue weighted by atomic mass is 16.5. The molecule has 0 fully saturated rings. The molecule has 0 aliphatic rings. The Morgan fingerprint density at radius 2 is 2.46 bits per heavy atom. The molecule has 5 heteroatoms. The van der Waals surface area contributed by atoms with Gasteiger partial charge in [0.05, 0.1) is 19.8 Å². The molecule has 1 unspecified atom stereocenters. The van der Waals surface area contributed by atoms with Gasteiger partial charge in [-0.1, -0.05) is 0 Å². The summed E-state index contributed by atoms with van der Waals surface area (Å²) in [5.74, 6) is -0.110. The number of hydrogen-bond acceptors (Lipinski definition) is 5. The maximum atomic E-state index is 10.9. The highest BCUT2D eigenvalue weighted by molar-refractivity contribution is 5.86. The van der Waals surface area contributed by atoms with E-state index in [0.29, 0.717) is 5.76 Å². The minimum Gasteiger partial charge on any atom is -0.463 e. The van der Waals surface area contributed by atoms with Gasteiger partial charge in [0.15, 0.2) is 0 Å². The monoisotopic (exact) mass is 185 g/mol. The van der Waals surface area contributed by atoms with Gasteiger partial charge in [-0.3, -0.25) is 0 Å². The predicted molar refractivity (Wildman–Crippen MR) is 44.1 cm³/mol. The number of carbonyl (C=O) groups excluding carboxylic acids is 1. The van der Waals surface area contributed by atoms with E-state index in [0.717, 1.165) is 0 Å². The lowest BCUT2D eigenvalue weighted by Crippen LogP contribution is -2.13. The fourth-order valence-electron chi connectivity index (χ4n) is 0.852. The van der Waals surface area contributed by atoms with Crippen LogP contribution in [0.25, 0.3) is 0 Å². The number of esters is 1. The number of nitrogens with two attached hydrogens (primary N) is 1. The Bertz CT molecular complexity index is 294. The molecule has 0 saturated carbocycles. The molecule has 3 N–H and O–H groups in total. The summed E-state index contributed by atoms with van der Waals surface area (Å²) in [5.41, 5.74) is 5.45. The molecule has 0 aromatic carbocycles. The smallest absolute Gasteiger partial charge is 0.373 e. The van der Waals surface area contributed by atoms with Gasteiger partial charge in [-0.2, -0.15) is 0 Å². The van der Waals surface area contributed by atoms with Crippen molar-refractivity contribution in [2.24, 2.45) is 5.73 Å². The van der Waals surface area contributed by atoms with Crippen molar-refractivity contribution in [3.63, 3.8) is 0 Å². The Balaban J connectivity index is 2.80. The second kappa shape index (κ2) is 4.06. The lowest BCUT2D eigenvalue weighted by atomic mass is 10.2. The molecule has 1 aromatic rings. The first kappa shape index (κ1) is 9.76. The second-order valence-corrected chi connectivity index (χ2v) is 2.48. The first-order valence-electron chi connectivity index (χ1n) is 3.73. The van der Waals surface area contributed by atoms with Gasteiger partial charge in [-0.25, -0.2) is 4.79 Å². The minimum absolute atomic E-state index is 0.0846. The van der Waals surface area contributed by atoms with Crippen LogP contribution in [0.2, 0.25) is 0 Å². The molecule has 0 spiro atoms.